The Hall–Kier alpha value is -1.69. The molecule has 1 aliphatic rings. The quantitative estimate of drug-likeness (QED) is 0.905. The average molecular weight is 281 g/mol. The summed E-state index contributed by atoms with van der Waals surface area (Å²) in [6.07, 6.45) is 0.683. The van der Waals surface area contributed by atoms with Gasteiger partial charge in [-0.3, -0.25) is 9.59 Å². The van der Waals surface area contributed by atoms with Crippen molar-refractivity contribution in [1.82, 2.24) is 5.32 Å². The van der Waals surface area contributed by atoms with E-state index in [2.05, 4.69) is 5.32 Å². The minimum absolute atomic E-state index is 0.0221. The number of methoxy groups -OCH3 is 2. The third-order valence-electron chi connectivity index (χ3n) is 2.89. The summed E-state index contributed by atoms with van der Waals surface area (Å²) in [4.78, 5) is 23.5. The number of carbonyl (C=O) groups is 2. The molecular formula is C13H15NO4S. The van der Waals surface area contributed by atoms with Gasteiger partial charge in [-0.2, -0.15) is 0 Å². The molecule has 1 atom stereocenters. The number of carbonyl (C=O) groups excluding carboxylic acids is 2. The van der Waals surface area contributed by atoms with E-state index in [1.165, 1.54) is 26.0 Å². The summed E-state index contributed by atoms with van der Waals surface area (Å²) >= 11 is 1.26. The highest BCUT2D eigenvalue weighted by Gasteiger charge is 2.27. The van der Waals surface area contributed by atoms with E-state index in [0.717, 1.165) is 5.75 Å². The summed E-state index contributed by atoms with van der Waals surface area (Å²) in [5.74, 6) is 1.53. The van der Waals surface area contributed by atoms with E-state index in [0.29, 0.717) is 23.5 Å². The highest BCUT2D eigenvalue weighted by Crippen LogP contribution is 2.27. The van der Waals surface area contributed by atoms with Gasteiger partial charge >= 0.3 is 0 Å². The van der Waals surface area contributed by atoms with Gasteiger partial charge in [-0.25, -0.2) is 0 Å². The van der Waals surface area contributed by atoms with E-state index < -0.39 is 0 Å². The molecule has 1 heterocycles. The van der Waals surface area contributed by atoms with E-state index in [1.807, 2.05) is 0 Å². The summed E-state index contributed by atoms with van der Waals surface area (Å²) in [6.45, 7) is 0. The van der Waals surface area contributed by atoms with Crippen LogP contribution < -0.4 is 14.8 Å². The smallest absolute Gasteiger partial charge is 0.252 e. The molecule has 0 spiro atoms. The van der Waals surface area contributed by atoms with E-state index in [9.17, 15) is 9.59 Å². The molecular weight excluding hydrogens is 266 g/mol. The van der Waals surface area contributed by atoms with Gasteiger partial charge in [0, 0.05) is 11.3 Å². The van der Waals surface area contributed by atoms with Crippen LogP contribution in [0, 0.1) is 0 Å². The minimum atomic E-state index is -0.384. The average Bonchev–Trinajstić information content (AvgIpc) is 2.83. The Morgan fingerprint density at radius 3 is 2.63 bits per heavy atom. The second-order valence-corrected chi connectivity index (χ2v) is 5.15. The van der Waals surface area contributed by atoms with Gasteiger partial charge in [0.15, 0.2) is 11.5 Å². The fraction of sp³-hybridized carbons (Fsp3) is 0.385. The molecule has 0 aliphatic carbocycles. The predicted octanol–water partition coefficient (Wildman–Crippen LogP) is 1.47. The van der Waals surface area contributed by atoms with Crippen LogP contribution in [0.1, 0.15) is 16.8 Å². The molecule has 1 aromatic rings. The first-order valence-corrected chi connectivity index (χ1v) is 6.84. The third kappa shape index (κ3) is 3.01. The summed E-state index contributed by atoms with van der Waals surface area (Å²) in [5, 5.41) is 2.75. The lowest BCUT2D eigenvalue weighted by Crippen LogP contribution is -2.37. The van der Waals surface area contributed by atoms with Crippen LogP contribution >= 0.6 is 11.8 Å². The summed E-state index contributed by atoms with van der Waals surface area (Å²) < 4.78 is 10.2. The number of hydrogen-bond donors (Lipinski definition) is 1. The molecule has 1 aliphatic heterocycles. The van der Waals surface area contributed by atoms with Crippen molar-refractivity contribution in [2.24, 2.45) is 0 Å². The fourth-order valence-corrected chi connectivity index (χ4v) is 2.78. The zero-order valence-corrected chi connectivity index (χ0v) is 11.6. The molecule has 1 amide bonds. The van der Waals surface area contributed by atoms with Crippen LogP contribution in [-0.4, -0.2) is 37.0 Å². The van der Waals surface area contributed by atoms with Crippen molar-refractivity contribution in [3.63, 3.8) is 0 Å². The van der Waals surface area contributed by atoms with Crippen LogP contribution in [-0.2, 0) is 4.79 Å². The lowest BCUT2D eigenvalue weighted by Gasteiger charge is -2.12. The number of benzene rings is 1. The van der Waals surface area contributed by atoms with Crippen LogP contribution in [0.15, 0.2) is 18.2 Å². The Morgan fingerprint density at radius 1 is 1.32 bits per heavy atom. The van der Waals surface area contributed by atoms with Crippen molar-refractivity contribution in [1.29, 1.82) is 0 Å². The number of ether oxygens (including phenoxy) is 2. The fourth-order valence-electron chi connectivity index (χ4n) is 1.85. The SMILES string of the molecule is COc1ccc(C(=O)NC2CCSC2=O)cc1OC. The molecule has 0 saturated carbocycles. The third-order valence-corrected chi connectivity index (χ3v) is 3.90. The van der Waals surface area contributed by atoms with Crippen LogP contribution in [0.2, 0.25) is 0 Å². The van der Waals surface area contributed by atoms with Gasteiger partial charge in [0.2, 0.25) is 5.12 Å². The molecule has 1 unspecified atom stereocenters. The van der Waals surface area contributed by atoms with E-state index in [1.54, 1.807) is 18.2 Å². The number of thioether (sulfide) groups is 1. The van der Waals surface area contributed by atoms with Crippen molar-refractivity contribution < 1.29 is 19.1 Å². The Morgan fingerprint density at radius 2 is 2.05 bits per heavy atom. The number of rotatable bonds is 4. The first-order valence-electron chi connectivity index (χ1n) is 5.85. The zero-order valence-electron chi connectivity index (χ0n) is 10.8. The molecule has 1 fully saturated rings. The Kier molecular flexibility index (Phi) is 4.31. The zero-order chi connectivity index (χ0) is 13.8. The molecule has 0 bridgehead atoms. The second kappa shape index (κ2) is 5.97. The van der Waals surface area contributed by atoms with E-state index in [-0.39, 0.29) is 17.1 Å². The highest BCUT2D eigenvalue weighted by molar-refractivity contribution is 8.14. The van der Waals surface area contributed by atoms with Gasteiger partial charge in [0.05, 0.1) is 20.3 Å². The standard InChI is InChI=1S/C13H15NO4S/c1-17-10-4-3-8(7-11(10)18-2)12(15)14-9-5-6-19-13(9)16/h3-4,7,9H,5-6H2,1-2H3,(H,14,15). The maximum Gasteiger partial charge on any atom is 0.252 e. The van der Waals surface area contributed by atoms with Gasteiger partial charge < -0.3 is 14.8 Å². The molecule has 19 heavy (non-hydrogen) atoms. The van der Waals surface area contributed by atoms with Gasteiger partial charge in [-0.05, 0) is 24.6 Å². The van der Waals surface area contributed by atoms with Crippen LogP contribution in [0.3, 0.4) is 0 Å². The van der Waals surface area contributed by atoms with Crippen LogP contribution in [0.5, 0.6) is 11.5 Å². The maximum absolute atomic E-state index is 12.0. The van der Waals surface area contributed by atoms with E-state index >= 15 is 0 Å². The Balaban J connectivity index is 2.12. The van der Waals surface area contributed by atoms with Crippen LogP contribution in [0.25, 0.3) is 0 Å². The van der Waals surface area contributed by atoms with Gasteiger partial charge in [-0.1, -0.05) is 11.8 Å². The molecule has 1 aromatic carbocycles. The first kappa shape index (κ1) is 13.7. The predicted molar refractivity (Wildman–Crippen MR) is 72.9 cm³/mol. The Labute approximate surface area is 115 Å². The number of hydrogen-bond acceptors (Lipinski definition) is 5. The van der Waals surface area contributed by atoms with E-state index in [4.69, 9.17) is 9.47 Å². The highest BCUT2D eigenvalue weighted by atomic mass is 32.2. The molecule has 6 heteroatoms. The van der Waals surface area contributed by atoms with Crippen molar-refractivity contribution in [2.45, 2.75) is 12.5 Å². The molecule has 0 radical (unpaired) electrons. The maximum atomic E-state index is 12.0. The van der Waals surface area contributed by atoms with Gasteiger partial charge in [0.25, 0.3) is 5.91 Å². The Bertz CT molecular complexity index is 503. The van der Waals surface area contributed by atoms with Crippen molar-refractivity contribution in [3.05, 3.63) is 23.8 Å². The molecule has 5 nitrogen and oxygen atoms in total. The number of amides is 1. The second-order valence-electron chi connectivity index (χ2n) is 4.05. The molecule has 1 saturated heterocycles. The summed E-state index contributed by atoms with van der Waals surface area (Å²) in [6, 6.07) is 4.52. The molecule has 2 rings (SSSR count). The molecule has 0 aromatic heterocycles. The lowest BCUT2D eigenvalue weighted by atomic mass is 10.1. The first-order chi connectivity index (χ1) is 9.15. The number of nitrogens with one attached hydrogen (secondary N) is 1. The van der Waals surface area contributed by atoms with Gasteiger partial charge in [0.1, 0.15) is 0 Å². The van der Waals surface area contributed by atoms with Gasteiger partial charge in [-0.15, -0.1) is 0 Å². The topological polar surface area (TPSA) is 64.6 Å². The van der Waals surface area contributed by atoms with Crippen molar-refractivity contribution >= 4 is 22.8 Å². The largest absolute Gasteiger partial charge is 0.493 e. The monoisotopic (exact) mass is 281 g/mol. The summed E-state index contributed by atoms with van der Waals surface area (Å²) in [7, 11) is 3.04. The van der Waals surface area contributed by atoms with Crippen molar-refractivity contribution in [3.8, 4) is 11.5 Å². The minimum Gasteiger partial charge on any atom is -0.493 e. The van der Waals surface area contributed by atoms with Crippen molar-refractivity contribution in [2.75, 3.05) is 20.0 Å². The summed E-state index contributed by atoms with van der Waals surface area (Å²) in [5.41, 5.74) is 0.447. The lowest BCUT2D eigenvalue weighted by molar-refractivity contribution is -0.112. The molecule has 1 N–H and O–H groups in total. The normalized spacial score (nSPS) is 18.2. The molecule has 102 valence electrons. The van der Waals surface area contributed by atoms with Crippen LogP contribution in [0.4, 0.5) is 0 Å².